The Labute approximate surface area is 172 Å². The zero-order valence-electron chi connectivity index (χ0n) is 17.1. The van der Waals surface area contributed by atoms with Crippen LogP contribution < -0.4 is 15.1 Å². The molecule has 0 bridgehead atoms. The van der Waals surface area contributed by atoms with Gasteiger partial charge in [0.25, 0.3) is 0 Å². The van der Waals surface area contributed by atoms with Crippen LogP contribution in [0.2, 0.25) is 0 Å². The largest absolute Gasteiger partial charge is 0.369 e. The molecule has 2 aliphatic rings. The number of para-hydroxylation sites is 2. The summed E-state index contributed by atoms with van der Waals surface area (Å²) in [5.41, 5.74) is 4.00. The summed E-state index contributed by atoms with van der Waals surface area (Å²) in [5, 5.41) is 2.92. The molecule has 1 atom stereocenters. The number of nitrogens with zero attached hydrogens (tertiary/aromatic N) is 3. The highest BCUT2D eigenvalue weighted by atomic mass is 16.2. The van der Waals surface area contributed by atoms with Gasteiger partial charge in [0.2, 0.25) is 11.8 Å². The minimum absolute atomic E-state index is 0.0467. The molecule has 2 aromatic rings. The third-order valence-electron chi connectivity index (χ3n) is 5.73. The minimum Gasteiger partial charge on any atom is -0.369 e. The van der Waals surface area contributed by atoms with E-state index in [2.05, 4.69) is 46.3 Å². The molecule has 0 unspecified atom stereocenters. The maximum absolute atomic E-state index is 13.2. The maximum atomic E-state index is 13.2. The summed E-state index contributed by atoms with van der Waals surface area (Å²) in [6, 6.07) is 15.9. The van der Waals surface area contributed by atoms with Gasteiger partial charge in [-0.1, -0.05) is 24.3 Å². The molecule has 4 rings (SSSR count). The number of benzene rings is 2. The molecule has 152 valence electrons. The van der Waals surface area contributed by atoms with Crippen molar-refractivity contribution >= 4 is 28.9 Å². The lowest BCUT2D eigenvalue weighted by Gasteiger charge is -2.37. The molecule has 0 aromatic heterocycles. The Hall–Kier alpha value is -2.86. The summed E-state index contributed by atoms with van der Waals surface area (Å²) in [6.07, 6.45) is 0.307. The van der Waals surface area contributed by atoms with E-state index in [4.69, 9.17) is 0 Å². The molecule has 1 N–H and O–H groups in total. The molecule has 0 spiro atoms. The maximum Gasteiger partial charge on any atom is 0.241 e. The van der Waals surface area contributed by atoms with Crippen LogP contribution in [0.15, 0.2) is 48.5 Å². The highest BCUT2D eigenvalue weighted by Gasteiger charge is 2.31. The molecular weight excluding hydrogens is 364 g/mol. The first kappa shape index (κ1) is 19.5. The number of rotatable bonds is 3. The first-order chi connectivity index (χ1) is 14.0. The molecule has 2 aliphatic heterocycles. The number of amides is 2. The predicted molar refractivity (Wildman–Crippen MR) is 116 cm³/mol. The van der Waals surface area contributed by atoms with Crippen molar-refractivity contribution in [2.24, 2.45) is 0 Å². The molecule has 29 heavy (non-hydrogen) atoms. The molecule has 0 aliphatic carbocycles. The SMILES string of the molecule is Cc1cccc(N2CCN(CC(=O)N3c4ccccc4NC(=O)C[C@@H]3C)CC2)c1. The van der Waals surface area contributed by atoms with E-state index in [0.29, 0.717) is 18.7 Å². The van der Waals surface area contributed by atoms with E-state index in [1.165, 1.54) is 11.3 Å². The Morgan fingerprint density at radius 3 is 2.59 bits per heavy atom. The van der Waals surface area contributed by atoms with Gasteiger partial charge >= 0.3 is 0 Å². The number of hydrogen-bond acceptors (Lipinski definition) is 4. The van der Waals surface area contributed by atoms with Gasteiger partial charge in [-0.3, -0.25) is 14.5 Å². The molecule has 2 aromatic carbocycles. The Bertz CT molecular complexity index is 905. The van der Waals surface area contributed by atoms with E-state index in [1.807, 2.05) is 31.2 Å². The van der Waals surface area contributed by atoms with Gasteiger partial charge in [0, 0.05) is 44.3 Å². The fourth-order valence-electron chi connectivity index (χ4n) is 4.22. The quantitative estimate of drug-likeness (QED) is 0.873. The molecule has 0 radical (unpaired) electrons. The monoisotopic (exact) mass is 392 g/mol. The smallest absolute Gasteiger partial charge is 0.241 e. The number of aryl methyl sites for hydroxylation is 1. The van der Waals surface area contributed by atoms with Crippen LogP contribution in [-0.2, 0) is 9.59 Å². The number of nitrogens with one attached hydrogen (secondary N) is 1. The lowest BCUT2D eigenvalue weighted by Crippen LogP contribution is -2.51. The second kappa shape index (κ2) is 8.25. The normalized spacial score (nSPS) is 20.1. The Kier molecular flexibility index (Phi) is 5.53. The summed E-state index contributed by atoms with van der Waals surface area (Å²) in [6.45, 7) is 7.93. The van der Waals surface area contributed by atoms with E-state index in [9.17, 15) is 9.59 Å². The van der Waals surface area contributed by atoms with Gasteiger partial charge < -0.3 is 15.1 Å². The van der Waals surface area contributed by atoms with Crippen molar-refractivity contribution in [3.05, 3.63) is 54.1 Å². The van der Waals surface area contributed by atoms with Crippen molar-refractivity contribution in [2.75, 3.05) is 47.8 Å². The van der Waals surface area contributed by atoms with Crippen molar-refractivity contribution < 1.29 is 9.59 Å². The second-order valence-corrected chi connectivity index (χ2v) is 7.98. The average Bonchev–Trinajstić information content (AvgIpc) is 2.82. The van der Waals surface area contributed by atoms with Gasteiger partial charge in [-0.05, 0) is 43.7 Å². The summed E-state index contributed by atoms with van der Waals surface area (Å²) >= 11 is 0. The van der Waals surface area contributed by atoms with E-state index < -0.39 is 0 Å². The molecule has 1 fully saturated rings. The van der Waals surface area contributed by atoms with Crippen LogP contribution in [-0.4, -0.2) is 55.5 Å². The Balaban J connectivity index is 1.43. The van der Waals surface area contributed by atoms with Crippen molar-refractivity contribution in [3.8, 4) is 0 Å². The lowest BCUT2D eigenvalue weighted by atomic mass is 10.1. The molecule has 2 amide bonds. The van der Waals surface area contributed by atoms with Gasteiger partial charge in [0.15, 0.2) is 0 Å². The van der Waals surface area contributed by atoms with Crippen molar-refractivity contribution in [1.82, 2.24) is 4.90 Å². The number of piperazine rings is 1. The second-order valence-electron chi connectivity index (χ2n) is 7.98. The van der Waals surface area contributed by atoms with Crippen LogP contribution in [0.25, 0.3) is 0 Å². The van der Waals surface area contributed by atoms with Crippen LogP contribution in [0, 0.1) is 6.92 Å². The van der Waals surface area contributed by atoms with Crippen LogP contribution >= 0.6 is 0 Å². The third kappa shape index (κ3) is 4.27. The fourth-order valence-corrected chi connectivity index (χ4v) is 4.22. The van der Waals surface area contributed by atoms with E-state index in [0.717, 1.165) is 31.9 Å². The van der Waals surface area contributed by atoms with Crippen LogP contribution in [0.4, 0.5) is 17.1 Å². The topological polar surface area (TPSA) is 55.9 Å². The van der Waals surface area contributed by atoms with Gasteiger partial charge in [-0.2, -0.15) is 0 Å². The van der Waals surface area contributed by atoms with Crippen molar-refractivity contribution in [2.45, 2.75) is 26.3 Å². The summed E-state index contributed by atoms with van der Waals surface area (Å²) in [5.74, 6) is -0.00234. The van der Waals surface area contributed by atoms with Crippen molar-refractivity contribution in [3.63, 3.8) is 0 Å². The summed E-state index contributed by atoms with van der Waals surface area (Å²) in [4.78, 5) is 31.8. The Morgan fingerprint density at radius 1 is 1.07 bits per heavy atom. The number of carbonyl (C=O) groups is 2. The lowest BCUT2D eigenvalue weighted by molar-refractivity contribution is -0.120. The number of carbonyl (C=O) groups excluding carboxylic acids is 2. The fraction of sp³-hybridized carbons (Fsp3) is 0.391. The number of fused-ring (bicyclic) bond motifs is 1. The van der Waals surface area contributed by atoms with Gasteiger partial charge in [0.05, 0.1) is 17.9 Å². The van der Waals surface area contributed by atoms with Gasteiger partial charge in [-0.25, -0.2) is 0 Å². The number of hydrogen-bond donors (Lipinski definition) is 1. The average molecular weight is 393 g/mol. The molecule has 1 saturated heterocycles. The highest BCUT2D eigenvalue weighted by molar-refractivity contribution is 6.04. The molecule has 2 heterocycles. The zero-order valence-corrected chi connectivity index (χ0v) is 17.1. The predicted octanol–water partition coefficient (Wildman–Crippen LogP) is 2.88. The van der Waals surface area contributed by atoms with E-state index in [1.54, 1.807) is 4.90 Å². The molecule has 0 saturated carbocycles. The Morgan fingerprint density at radius 2 is 1.83 bits per heavy atom. The minimum atomic E-state index is -0.167. The van der Waals surface area contributed by atoms with Gasteiger partial charge in [-0.15, -0.1) is 0 Å². The van der Waals surface area contributed by atoms with E-state index >= 15 is 0 Å². The zero-order chi connectivity index (χ0) is 20.4. The van der Waals surface area contributed by atoms with Crippen LogP contribution in [0.5, 0.6) is 0 Å². The van der Waals surface area contributed by atoms with E-state index in [-0.39, 0.29) is 17.9 Å². The van der Waals surface area contributed by atoms with Gasteiger partial charge in [0.1, 0.15) is 0 Å². The first-order valence-electron chi connectivity index (χ1n) is 10.3. The first-order valence-corrected chi connectivity index (χ1v) is 10.3. The van der Waals surface area contributed by atoms with Crippen molar-refractivity contribution in [1.29, 1.82) is 0 Å². The molecular formula is C23H28N4O2. The number of anilines is 3. The van der Waals surface area contributed by atoms with Crippen LogP contribution in [0.1, 0.15) is 18.9 Å². The van der Waals surface area contributed by atoms with Crippen LogP contribution in [0.3, 0.4) is 0 Å². The summed E-state index contributed by atoms with van der Waals surface area (Å²) in [7, 11) is 0. The third-order valence-corrected chi connectivity index (χ3v) is 5.73. The molecule has 6 heteroatoms. The highest BCUT2D eigenvalue weighted by Crippen LogP contribution is 2.31. The molecule has 6 nitrogen and oxygen atoms in total. The standard InChI is InChI=1S/C23H28N4O2/c1-17-6-5-7-19(14-17)26-12-10-25(11-13-26)16-23(29)27-18(2)15-22(28)24-20-8-3-4-9-21(20)27/h3-9,14,18H,10-13,15-16H2,1-2H3,(H,24,28)/t18-/m0/s1. The summed E-state index contributed by atoms with van der Waals surface area (Å²) < 4.78 is 0.